The van der Waals surface area contributed by atoms with E-state index in [4.69, 9.17) is 9.47 Å². The van der Waals surface area contributed by atoms with E-state index in [2.05, 4.69) is 50.0 Å². The Morgan fingerprint density at radius 2 is 0.961 bits per heavy atom. The number of hydrogen-bond donors (Lipinski definition) is 1. The highest BCUT2D eigenvalue weighted by molar-refractivity contribution is 5.69. The molecule has 0 aromatic rings. The topological polar surface area (TPSA) is 76.1 Å². The van der Waals surface area contributed by atoms with Crippen LogP contribution in [0, 0.1) is 0 Å². The Morgan fingerprint density at radius 3 is 1.49 bits per heavy atom. The molecule has 302 valence electrons. The third-order valence-corrected chi connectivity index (χ3v) is 9.53. The van der Waals surface area contributed by atoms with Crippen molar-refractivity contribution in [3.63, 3.8) is 0 Å². The monoisotopic (exact) mass is 722 g/mol. The minimum absolute atomic E-state index is 0. The normalized spacial score (nSPS) is 11.6. The van der Waals surface area contributed by atoms with Gasteiger partial charge in [-0.15, -0.1) is 0 Å². The average Bonchev–Trinajstić information content (AvgIpc) is 3.11. The number of nitrogens with zero attached hydrogens (tertiary/aromatic N) is 1. The van der Waals surface area contributed by atoms with Crippen molar-refractivity contribution in [2.24, 2.45) is 0 Å². The molecule has 0 aromatic carbocycles. The molecule has 0 aliphatic carbocycles. The molecule has 0 aliphatic heterocycles. The van der Waals surface area contributed by atoms with Gasteiger partial charge in [0.2, 0.25) is 0 Å². The zero-order valence-corrected chi connectivity index (χ0v) is 33.5. The van der Waals surface area contributed by atoms with Gasteiger partial charge in [-0.2, -0.15) is 0 Å². The fourth-order valence-electron chi connectivity index (χ4n) is 6.25. The maximum absolute atomic E-state index is 12.6. The lowest BCUT2D eigenvalue weighted by atomic mass is 10.1. The molecule has 6 nitrogen and oxygen atoms in total. The zero-order valence-electron chi connectivity index (χ0n) is 33.5. The Bertz CT molecular complexity index is 761. The maximum Gasteiger partial charge on any atom is 0.306 e. The van der Waals surface area contributed by atoms with Gasteiger partial charge in [0.1, 0.15) is 6.10 Å². The summed E-state index contributed by atoms with van der Waals surface area (Å²) in [6.07, 6.45) is 40.7. The quantitative estimate of drug-likeness (QED) is 0.0387. The summed E-state index contributed by atoms with van der Waals surface area (Å²) in [6, 6.07) is 0. The number of carbonyl (C=O) groups excluding carboxylic acids is 2. The van der Waals surface area contributed by atoms with Crippen LogP contribution >= 0.6 is 0 Å². The predicted molar refractivity (Wildman–Crippen MR) is 220 cm³/mol. The summed E-state index contributed by atoms with van der Waals surface area (Å²) in [5.41, 5.74) is 0. The van der Waals surface area contributed by atoms with Gasteiger partial charge >= 0.3 is 11.9 Å². The van der Waals surface area contributed by atoms with Crippen molar-refractivity contribution in [1.29, 1.82) is 0 Å². The first kappa shape index (κ1) is 51.4. The highest BCUT2D eigenvalue weighted by atomic mass is 16.5. The van der Waals surface area contributed by atoms with E-state index >= 15 is 0 Å². The highest BCUT2D eigenvalue weighted by Gasteiger charge is 2.13. The third-order valence-electron chi connectivity index (χ3n) is 9.53. The number of aliphatic hydroxyl groups excluding tert-OH is 1. The summed E-state index contributed by atoms with van der Waals surface area (Å²) in [6.45, 7) is 10.1. The lowest BCUT2D eigenvalue weighted by molar-refractivity contribution is -0.150. The standard InChI is InChI=1S/C44H83NO5.CH4/c1-4-7-10-13-16-17-18-24-32-41-49-43(47)35-29-25-31-38-45(39-40-46)37-30-23-19-22-28-36-44(48)50-42(33-26-20-14-11-8-5-2)34-27-21-15-12-9-6-3;/h14-15,20-21,42,46H,4-13,16-19,22-41H2,1-3H3;1H4/b20-14-,21-15-;. The van der Waals surface area contributed by atoms with Gasteiger partial charge in [-0.3, -0.25) is 9.59 Å². The molecule has 0 saturated heterocycles. The summed E-state index contributed by atoms with van der Waals surface area (Å²) in [5.74, 6) is -0.0952. The summed E-state index contributed by atoms with van der Waals surface area (Å²) < 4.78 is 11.4. The molecule has 0 atom stereocenters. The first-order valence-electron chi connectivity index (χ1n) is 21.6. The molecule has 0 heterocycles. The summed E-state index contributed by atoms with van der Waals surface area (Å²) >= 11 is 0. The van der Waals surface area contributed by atoms with E-state index in [-0.39, 0.29) is 32.1 Å². The Labute approximate surface area is 318 Å². The second-order valence-electron chi connectivity index (χ2n) is 14.4. The van der Waals surface area contributed by atoms with Crippen molar-refractivity contribution < 1.29 is 24.2 Å². The molecule has 0 rings (SSSR count). The van der Waals surface area contributed by atoms with Crippen LogP contribution in [-0.2, 0) is 19.1 Å². The Morgan fingerprint density at radius 1 is 0.529 bits per heavy atom. The third kappa shape index (κ3) is 39.4. The number of hydrogen-bond acceptors (Lipinski definition) is 6. The van der Waals surface area contributed by atoms with E-state index in [1.165, 1.54) is 70.6 Å². The molecule has 0 saturated carbocycles. The molecule has 6 heteroatoms. The van der Waals surface area contributed by atoms with Gasteiger partial charge < -0.3 is 19.5 Å². The van der Waals surface area contributed by atoms with E-state index in [0.29, 0.717) is 26.0 Å². The van der Waals surface area contributed by atoms with E-state index in [9.17, 15) is 14.7 Å². The fourth-order valence-corrected chi connectivity index (χ4v) is 6.25. The predicted octanol–water partition coefficient (Wildman–Crippen LogP) is 12.9. The van der Waals surface area contributed by atoms with E-state index < -0.39 is 0 Å². The Kier molecular flexibility index (Phi) is 43.1. The largest absolute Gasteiger partial charge is 0.466 e. The molecule has 0 spiro atoms. The van der Waals surface area contributed by atoms with Crippen LogP contribution in [0.3, 0.4) is 0 Å². The molecule has 1 N–H and O–H groups in total. The second kappa shape index (κ2) is 42.8. The number of aliphatic hydroxyl groups is 1. The lowest BCUT2D eigenvalue weighted by Crippen LogP contribution is -2.29. The van der Waals surface area contributed by atoms with Gasteiger partial charge in [0.25, 0.3) is 0 Å². The molecule has 0 fully saturated rings. The number of rotatable bonds is 39. The van der Waals surface area contributed by atoms with Crippen LogP contribution in [-0.4, -0.2) is 60.9 Å². The van der Waals surface area contributed by atoms with Gasteiger partial charge in [-0.25, -0.2) is 0 Å². The molecular weight excluding hydrogens is 634 g/mol. The average molecular weight is 722 g/mol. The summed E-state index contributed by atoms with van der Waals surface area (Å²) in [5, 5.41) is 9.52. The number of esters is 2. The van der Waals surface area contributed by atoms with Gasteiger partial charge in [-0.1, -0.05) is 155 Å². The van der Waals surface area contributed by atoms with Gasteiger partial charge in [0.15, 0.2) is 0 Å². The van der Waals surface area contributed by atoms with Crippen molar-refractivity contribution in [2.45, 2.75) is 221 Å². The maximum atomic E-state index is 12.6. The van der Waals surface area contributed by atoms with Crippen LogP contribution in [0.2, 0.25) is 0 Å². The molecule has 0 radical (unpaired) electrons. The molecule has 0 aromatic heterocycles. The Hall–Kier alpha value is -1.66. The van der Waals surface area contributed by atoms with Crippen LogP contribution in [0.5, 0.6) is 0 Å². The van der Waals surface area contributed by atoms with E-state index in [0.717, 1.165) is 116 Å². The van der Waals surface area contributed by atoms with Crippen molar-refractivity contribution in [3.05, 3.63) is 24.3 Å². The van der Waals surface area contributed by atoms with Crippen molar-refractivity contribution in [2.75, 3.05) is 32.8 Å². The fraction of sp³-hybridized carbons (Fsp3) is 0.867. The van der Waals surface area contributed by atoms with Gasteiger partial charge in [0.05, 0.1) is 13.2 Å². The molecule has 51 heavy (non-hydrogen) atoms. The lowest BCUT2D eigenvalue weighted by Gasteiger charge is -2.21. The van der Waals surface area contributed by atoms with Crippen LogP contribution in [0.4, 0.5) is 0 Å². The Balaban J connectivity index is 0. The minimum Gasteiger partial charge on any atom is -0.466 e. The zero-order chi connectivity index (χ0) is 36.6. The number of allylic oxidation sites excluding steroid dienone is 4. The smallest absolute Gasteiger partial charge is 0.306 e. The van der Waals surface area contributed by atoms with Crippen molar-refractivity contribution >= 4 is 11.9 Å². The molecule has 0 bridgehead atoms. The molecule has 0 unspecified atom stereocenters. The highest BCUT2D eigenvalue weighted by Crippen LogP contribution is 2.15. The summed E-state index contributed by atoms with van der Waals surface area (Å²) in [4.78, 5) is 27.1. The number of unbranched alkanes of at least 4 members (excludes halogenated alkanes) is 18. The number of carbonyl (C=O) groups is 2. The van der Waals surface area contributed by atoms with Crippen molar-refractivity contribution in [1.82, 2.24) is 4.90 Å². The van der Waals surface area contributed by atoms with Crippen LogP contribution < -0.4 is 0 Å². The minimum atomic E-state index is -0.0546. The van der Waals surface area contributed by atoms with E-state index in [1.807, 2.05) is 0 Å². The van der Waals surface area contributed by atoms with Crippen LogP contribution in [0.1, 0.15) is 214 Å². The van der Waals surface area contributed by atoms with Gasteiger partial charge in [0, 0.05) is 19.4 Å². The van der Waals surface area contributed by atoms with Crippen molar-refractivity contribution in [3.8, 4) is 0 Å². The van der Waals surface area contributed by atoms with Crippen LogP contribution in [0.15, 0.2) is 24.3 Å². The number of ether oxygens (including phenoxy) is 2. The SMILES string of the molecule is C.CCCC/C=C\CCC(CC/C=C\CCCC)OC(=O)CCCCCCCN(CCO)CCCCCC(=O)OCCCCCCCCCCC. The molecule has 0 amide bonds. The molecular formula is C45H87NO5. The first-order valence-corrected chi connectivity index (χ1v) is 21.6. The van der Waals surface area contributed by atoms with E-state index in [1.54, 1.807) is 0 Å². The van der Waals surface area contributed by atoms with Crippen LogP contribution in [0.25, 0.3) is 0 Å². The molecule has 0 aliphatic rings. The summed E-state index contributed by atoms with van der Waals surface area (Å²) in [7, 11) is 0. The first-order chi connectivity index (χ1) is 24.6. The van der Waals surface area contributed by atoms with Gasteiger partial charge in [-0.05, 0) is 83.7 Å². The second-order valence-corrected chi connectivity index (χ2v) is 14.4.